The molecule has 1 heterocycles. The molecule has 0 spiro atoms. The molecule has 1 aliphatic carbocycles. The van der Waals surface area contributed by atoms with Gasteiger partial charge in [-0.25, -0.2) is 4.68 Å². The number of aryl methyl sites for hydroxylation is 1. The third-order valence-electron chi connectivity index (χ3n) is 5.56. The van der Waals surface area contributed by atoms with Gasteiger partial charge in [0.2, 0.25) is 0 Å². The van der Waals surface area contributed by atoms with Crippen LogP contribution in [0.2, 0.25) is 0 Å². The Kier molecular flexibility index (Phi) is 4.76. The minimum atomic E-state index is -1.03. The number of aliphatic hydroxyl groups is 2. The van der Waals surface area contributed by atoms with Gasteiger partial charge in [0, 0.05) is 5.56 Å². The Morgan fingerprint density at radius 2 is 1.71 bits per heavy atom. The molecule has 28 heavy (non-hydrogen) atoms. The van der Waals surface area contributed by atoms with Crippen molar-refractivity contribution in [3.05, 3.63) is 71.4 Å². The van der Waals surface area contributed by atoms with Crippen molar-refractivity contribution < 1.29 is 10.2 Å². The summed E-state index contributed by atoms with van der Waals surface area (Å²) in [6.07, 6.45) is 1.77. The summed E-state index contributed by atoms with van der Waals surface area (Å²) < 4.78 is 1.82. The zero-order valence-electron chi connectivity index (χ0n) is 15.8. The number of aliphatic hydroxyl groups excluding tert-OH is 1. The highest BCUT2D eigenvalue weighted by molar-refractivity contribution is 5.63. The molecule has 0 saturated heterocycles. The largest absolute Gasteiger partial charge is 0.393 e. The van der Waals surface area contributed by atoms with Gasteiger partial charge in [0.15, 0.2) is 0 Å². The Morgan fingerprint density at radius 3 is 2.32 bits per heavy atom. The second kappa shape index (κ2) is 7.23. The van der Waals surface area contributed by atoms with Gasteiger partial charge < -0.3 is 10.2 Å². The first-order valence-electron chi connectivity index (χ1n) is 9.57. The third kappa shape index (κ3) is 3.45. The van der Waals surface area contributed by atoms with E-state index in [1.807, 2.05) is 41.9 Å². The van der Waals surface area contributed by atoms with Gasteiger partial charge in [0.1, 0.15) is 5.60 Å². The summed E-state index contributed by atoms with van der Waals surface area (Å²) in [4.78, 5) is 0. The van der Waals surface area contributed by atoms with Crippen molar-refractivity contribution in [3.63, 3.8) is 0 Å². The molecule has 0 radical (unpaired) electrons. The van der Waals surface area contributed by atoms with Crippen LogP contribution in [0.1, 0.15) is 42.5 Å². The Balaban J connectivity index is 1.81. The second-order valence-electron chi connectivity index (χ2n) is 7.61. The molecule has 1 aromatic heterocycles. The van der Waals surface area contributed by atoms with Crippen molar-refractivity contribution in [1.82, 2.24) is 9.78 Å². The molecule has 3 aromatic rings. The van der Waals surface area contributed by atoms with Crippen LogP contribution in [0, 0.1) is 18.3 Å². The van der Waals surface area contributed by atoms with E-state index in [0.717, 1.165) is 16.9 Å². The molecule has 0 unspecified atom stereocenters. The van der Waals surface area contributed by atoms with Crippen LogP contribution in [0.5, 0.6) is 0 Å². The van der Waals surface area contributed by atoms with Crippen molar-refractivity contribution in [1.29, 1.82) is 5.26 Å². The summed E-state index contributed by atoms with van der Waals surface area (Å²) in [6, 6.07) is 19.5. The number of rotatable bonds is 3. The molecule has 1 saturated carbocycles. The van der Waals surface area contributed by atoms with E-state index in [2.05, 4.69) is 18.2 Å². The number of aromatic nitrogens is 2. The van der Waals surface area contributed by atoms with Crippen molar-refractivity contribution in [3.8, 4) is 23.0 Å². The first-order valence-corrected chi connectivity index (χ1v) is 9.57. The van der Waals surface area contributed by atoms with Crippen LogP contribution in [-0.4, -0.2) is 26.1 Å². The van der Waals surface area contributed by atoms with E-state index in [4.69, 9.17) is 10.4 Å². The minimum absolute atomic E-state index is 0.350. The Labute approximate surface area is 164 Å². The average Bonchev–Trinajstić information content (AvgIpc) is 3.17. The van der Waals surface area contributed by atoms with Crippen LogP contribution >= 0.6 is 0 Å². The molecule has 142 valence electrons. The number of nitrogens with zero attached hydrogens (tertiary/aromatic N) is 3. The fourth-order valence-corrected chi connectivity index (χ4v) is 3.75. The Morgan fingerprint density at radius 1 is 1.07 bits per heavy atom. The molecule has 4 rings (SSSR count). The Hall–Kier alpha value is -2.94. The highest BCUT2D eigenvalue weighted by atomic mass is 16.3. The zero-order chi connectivity index (χ0) is 19.7. The van der Waals surface area contributed by atoms with Crippen molar-refractivity contribution >= 4 is 0 Å². The molecule has 0 aliphatic heterocycles. The van der Waals surface area contributed by atoms with E-state index in [9.17, 15) is 10.2 Å². The topological polar surface area (TPSA) is 82.1 Å². The lowest BCUT2D eigenvalue weighted by Gasteiger charge is -2.32. The number of hydrogen-bond acceptors (Lipinski definition) is 4. The smallest absolute Gasteiger partial charge is 0.109 e. The van der Waals surface area contributed by atoms with Crippen LogP contribution in [0.3, 0.4) is 0 Å². The molecule has 0 atom stereocenters. The lowest BCUT2D eigenvalue weighted by atomic mass is 9.81. The van der Waals surface area contributed by atoms with Gasteiger partial charge in [-0.1, -0.05) is 29.8 Å². The Bertz CT molecular complexity index is 1010. The number of hydrogen-bond donors (Lipinski definition) is 2. The van der Waals surface area contributed by atoms with Crippen LogP contribution in [0.25, 0.3) is 16.9 Å². The predicted octanol–water partition coefficient (Wildman–Crippen LogP) is 3.84. The average molecular weight is 373 g/mol. The fraction of sp³-hybridized carbons (Fsp3) is 0.304. The highest BCUT2D eigenvalue weighted by Crippen LogP contribution is 2.38. The van der Waals surface area contributed by atoms with Crippen molar-refractivity contribution in [2.75, 3.05) is 0 Å². The highest BCUT2D eigenvalue weighted by Gasteiger charge is 2.37. The summed E-state index contributed by atoms with van der Waals surface area (Å²) in [6.45, 7) is 2.04. The van der Waals surface area contributed by atoms with E-state index < -0.39 is 5.60 Å². The summed E-state index contributed by atoms with van der Waals surface area (Å²) >= 11 is 0. The molecule has 5 heteroatoms. The zero-order valence-corrected chi connectivity index (χ0v) is 15.8. The summed E-state index contributed by atoms with van der Waals surface area (Å²) in [7, 11) is 0. The van der Waals surface area contributed by atoms with E-state index in [-0.39, 0.29) is 6.10 Å². The first-order chi connectivity index (χ1) is 13.5. The molecular formula is C23H23N3O2. The SMILES string of the molecule is Cc1ccc(-c2cc(C3(O)CCC(O)CC3)nn2-c2ccc(C#N)cc2)cc1. The number of nitriles is 1. The summed E-state index contributed by atoms with van der Waals surface area (Å²) in [5.41, 5.74) is 4.09. The van der Waals surface area contributed by atoms with Gasteiger partial charge in [-0.2, -0.15) is 10.4 Å². The van der Waals surface area contributed by atoms with Gasteiger partial charge in [-0.05, 0) is 62.9 Å². The van der Waals surface area contributed by atoms with Gasteiger partial charge in [0.05, 0.1) is 34.8 Å². The molecule has 1 aliphatic rings. The lowest BCUT2D eigenvalue weighted by Crippen LogP contribution is -2.33. The fourth-order valence-electron chi connectivity index (χ4n) is 3.75. The molecule has 0 bridgehead atoms. The summed E-state index contributed by atoms with van der Waals surface area (Å²) in [5.74, 6) is 0. The standard InChI is InChI=1S/C23H23N3O2/c1-16-2-6-18(7-3-16)21-14-22(23(28)12-10-20(27)11-13-23)25-26(21)19-8-4-17(15-24)5-9-19/h2-9,14,20,27-28H,10-13H2,1H3. The molecule has 2 aromatic carbocycles. The van der Waals surface area contributed by atoms with Crippen LogP contribution in [0.4, 0.5) is 0 Å². The third-order valence-corrected chi connectivity index (χ3v) is 5.56. The van der Waals surface area contributed by atoms with Gasteiger partial charge in [-0.3, -0.25) is 0 Å². The molecular weight excluding hydrogens is 350 g/mol. The van der Waals surface area contributed by atoms with E-state index >= 15 is 0 Å². The second-order valence-corrected chi connectivity index (χ2v) is 7.61. The maximum absolute atomic E-state index is 11.2. The van der Waals surface area contributed by atoms with Crippen LogP contribution in [-0.2, 0) is 5.60 Å². The van der Waals surface area contributed by atoms with Crippen molar-refractivity contribution in [2.24, 2.45) is 0 Å². The van der Waals surface area contributed by atoms with E-state index in [1.165, 1.54) is 5.56 Å². The van der Waals surface area contributed by atoms with E-state index in [0.29, 0.717) is 36.9 Å². The first kappa shape index (κ1) is 18.4. The monoisotopic (exact) mass is 373 g/mol. The normalized spacial score (nSPS) is 22.0. The molecule has 0 amide bonds. The minimum Gasteiger partial charge on any atom is -0.393 e. The van der Waals surface area contributed by atoms with Crippen LogP contribution < -0.4 is 0 Å². The van der Waals surface area contributed by atoms with Crippen LogP contribution in [0.15, 0.2) is 54.6 Å². The maximum Gasteiger partial charge on any atom is 0.109 e. The predicted molar refractivity (Wildman–Crippen MR) is 107 cm³/mol. The van der Waals surface area contributed by atoms with E-state index in [1.54, 1.807) is 12.1 Å². The van der Waals surface area contributed by atoms with Crippen molar-refractivity contribution in [2.45, 2.75) is 44.3 Å². The molecule has 1 fully saturated rings. The quantitative estimate of drug-likeness (QED) is 0.731. The number of benzene rings is 2. The van der Waals surface area contributed by atoms with Gasteiger partial charge >= 0.3 is 0 Å². The lowest BCUT2D eigenvalue weighted by molar-refractivity contribution is -0.0393. The van der Waals surface area contributed by atoms with Gasteiger partial charge in [0.25, 0.3) is 0 Å². The summed E-state index contributed by atoms with van der Waals surface area (Å²) in [5, 5.41) is 34.8. The molecule has 5 nitrogen and oxygen atoms in total. The maximum atomic E-state index is 11.2. The molecule has 2 N–H and O–H groups in total. The van der Waals surface area contributed by atoms with Gasteiger partial charge in [-0.15, -0.1) is 0 Å².